The highest BCUT2D eigenvalue weighted by Gasteiger charge is 2.03. The number of rotatable bonds is 3. The van der Waals surface area contributed by atoms with E-state index in [1.165, 1.54) is 5.69 Å². The van der Waals surface area contributed by atoms with Crippen LogP contribution in [0.5, 0.6) is 0 Å². The Bertz CT molecular complexity index is 556. The molecule has 3 nitrogen and oxygen atoms in total. The third-order valence-electron chi connectivity index (χ3n) is 3.09. The predicted octanol–water partition coefficient (Wildman–Crippen LogP) is 2.78. The lowest BCUT2D eigenvalue weighted by atomic mass is 10.0. The van der Waals surface area contributed by atoms with Crippen LogP contribution in [0.15, 0.2) is 48.5 Å². The molecule has 2 aromatic rings. The van der Waals surface area contributed by atoms with Gasteiger partial charge in [-0.25, -0.2) is 0 Å². The molecule has 0 bridgehead atoms. The van der Waals surface area contributed by atoms with E-state index in [2.05, 4.69) is 34.5 Å². The Labute approximate surface area is 113 Å². The predicted molar refractivity (Wildman–Crippen MR) is 79.6 cm³/mol. The zero-order chi connectivity index (χ0) is 13.8. The molecule has 3 heteroatoms. The van der Waals surface area contributed by atoms with Crippen molar-refractivity contribution in [2.45, 2.75) is 0 Å². The maximum Gasteiger partial charge on any atom is 0.251 e. The van der Waals surface area contributed by atoms with Gasteiger partial charge in [-0.1, -0.05) is 24.3 Å². The number of benzene rings is 2. The van der Waals surface area contributed by atoms with Crippen molar-refractivity contribution in [3.05, 3.63) is 54.1 Å². The molecular formula is C16H18N2O. The Morgan fingerprint density at radius 2 is 1.37 bits per heavy atom. The van der Waals surface area contributed by atoms with Crippen molar-refractivity contribution in [1.29, 1.82) is 0 Å². The molecular weight excluding hydrogens is 236 g/mol. The summed E-state index contributed by atoms with van der Waals surface area (Å²) >= 11 is 0. The van der Waals surface area contributed by atoms with Crippen molar-refractivity contribution in [1.82, 2.24) is 5.32 Å². The molecule has 0 aliphatic heterocycles. The van der Waals surface area contributed by atoms with Crippen LogP contribution in [0.3, 0.4) is 0 Å². The van der Waals surface area contributed by atoms with Crippen molar-refractivity contribution < 1.29 is 4.79 Å². The fourth-order valence-electron chi connectivity index (χ4n) is 1.91. The number of nitrogens with one attached hydrogen (secondary N) is 1. The summed E-state index contributed by atoms with van der Waals surface area (Å²) in [6, 6.07) is 16.0. The van der Waals surface area contributed by atoms with Crippen molar-refractivity contribution in [3.8, 4) is 11.1 Å². The van der Waals surface area contributed by atoms with E-state index < -0.39 is 0 Å². The standard InChI is InChI=1S/C16H18N2O/c1-17-16(19)14-6-4-12(5-7-14)13-8-10-15(11-9-13)18(2)3/h4-11H,1-3H3,(H,17,19). The summed E-state index contributed by atoms with van der Waals surface area (Å²) in [5, 5.41) is 2.62. The van der Waals surface area contributed by atoms with Crippen LogP contribution < -0.4 is 10.2 Å². The highest BCUT2D eigenvalue weighted by Crippen LogP contribution is 2.22. The number of hydrogen-bond donors (Lipinski definition) is 1. The van der Waals surface area contributed by atoms with Gasteiger partial charge in [0.25, 0.3) is 5.91 Å². The summed E-state index contributed by atoms with van der Waals surface area (Å²) in [5.41, 5.74) is 4.11. The van der Waals surface area contributed by atoms with Gasteiger partial charge in [-0.15, -0.1) is 0 Å². The van der Waals surface area contributed by atoms with Gasteiger partial charge in [0, 0.05) is 32.4 Å². The average molecular weight is 254 g/mol. The van der Waals surface area contributed by atoms with Gasteiger partial charge in [-0.3, -0.25) is 4.79 Å². The maximum absolute atomic E-state index is 11.5. The second-order valence-electron chi connectivity index (χ2n) is 4.60. The molecule has 2 rings (SSSR count). The van der Waals surface area contributed by atoms with Crippen molar-refractivity contribution >= 4 is 11.6 Å². The van der Waals surface area contributed by atoms with E-state index in [4.69, 9.17) is 0 Å². The van der Waals surface area contributed by atoms with Gasteiger partial charge in [-0.2, -0.15) is 0 Å². The van der Waals surface area contributed by atoms with Crippen LogP contribution in [0.25, 0.3) is 11.1 Å². The van der Waals surface area contributed by atoms with Gasteiger partial charge in [0.15, 0.2) is 0 Å². The Morgan fingerprint density at radius 1 is 0.895 bits per heavy atom. The Kier molecular flexibility index (Phi) is 3.85. The quantitative estimate of drug-likeness (QED) is 0.913. The molecule has 1 amide bonds. The highest BCUT2D eigenvalue weighted by molar-refractivity contribution is 5.94. The largest absolute Gasteiger partial charge is 0.378 e. The number of amides is 1. The third kappa shape index (κ3) is 2.94. The summed E-state index contributed by atoms with van der Waals surface area (Å²) in [4.78, 5) is 13.5. The van der Waals surface area contributed by atoms with E-state index in [1.54, 1.807) is 7.05 Å². The zero-order valence-electron chi connectivity index (χ0n) is 11.5. The summed E-state index contributed by atoms with van der Waals surface area (Å²) in [7, 11) is 5.68. The van der Waals surface area contributed by atoms with Gasteiger partial charge >= 0.3 is 0 Å². The summed E-state index contributed by atoms with van der Waals surface area (Å²) in [6.45, 7) is 0. The number of carbonyl (C=O) groups is 1. The van der Waals surface area contributed by atoms with Gasteiger partial charge in [-0.05, 0) is 35.4 Å². The number of nitrogens with zero attached hydrogens (tertiary/aromatic N) is 1. The number of anilines is 1. The molecule has 1 N–H and O–H groups in total. The minimum atomic E-state index is -0.0606. The van der Waals surface area contributed by atoms with Gasteiger partial charge in [0.05, 0.1) is 0 Å². The number of hydrogen-bond acceptors (Lipinski definition) is 2. The molecule has 0 aromatic heterocycles. The molecule has 0 saturated heterocycles. The molecule has 0 unspecified atom stereocenters. The van der Waals surface area contributed by atoms with Crippen LogP contribution in [-0.4, -0.2) is 27.1 Å². The van der Waals surface area contributed by atoms with Crippen molar-refractivity contribution in [2.24, 2.45) is 0 Å². The molecule has 0 radical (unpaired) electrons. The number of carbonyl (C=O) groups excluding carboxylic acids is 1. The second kappa shape index (κ2) is 5.57. The van der Waals surface area contributed by atoms with E-state index in [-0.39, 0.29) is 5.91 Å². The van der Waals surface area contributed by atoms with Crippen LogP contribution >= 0.6 is 0 Å². The van der Waals surface area contributed by atoms with Gasteiger partial charge < -0.3 is 10.2 Å². The lowest BCUT2D eigenvalue weighted by molar-refractivity contribution is 0.0963. The van der Waals surface area contributed by atoms with Crippen LogP contribution in [0.4, 0.5) is 5.69 Å². The molecule has 2 aromatic carbocycles. The first-order valence-corrected chi connectivity index (χ1v) is 6.21. The molecule has 19 heavy (non-hydrogen) atoms. The normalized spacial score (nSPS) is 10.1. The minimum Gasteiger partial charge on any atom is -0.378 e. The monoisotopic (exact) mass is 254 g/mol. The van der Waals surface area contributed by atoms with Crippen molar-refractivity contribution in [2.75, 3.05) is 26.0 Å². The molecule has 0 fully saturated rings. The lowest BCUT2D eigenvalue weighted by Gasteiger charge is -2.12. The van der Waals surface area contributed by atoms with Crippen LogP contribution in [0.2, 0.25) is 0 Å². The molecule has 0 atom stereocenters. The molecule has 0 spiro atoms. The van der Waals surface area contributed by atoms with E-state index in [0.717, 1.165) is 11.1 Å². The molecule has 98 valence electrons. The van der Waals surface area contributed by atoms with Crippen LogP contribution in [-0.2, 0) is 0 Å². The fourth-order valence-corrected chi connectivity index (χ4v) is 1.91. The van der Waals surface area contributed by atoms with E-state index in [0.29, 0.717) is 5.56 Å². The van der Waals surface area contributed by atoms with E-state index >= 15 is 0 Å². The highest BCUT2D eigenvalue weighted by atomic mass is 16.1. The smallest absolute Gasteiger partial charge is 0.251 e. The molecule has 0 aliphatic rings. The summed E-state index contributed by atoms with van der Waals surface area (Å²) < 4.78 is 0. The minimum absolute atomic E-state index is 0.0606. The Balaban J connectivity index is 2.24. The first-order chi connectivity index (χ1) is 9.11. The molecule has 0 aliphatic carbocycles. The van der Waals surface area contributed by atoms with E-state index in [1.807, 2.05) is 38.4 Å². The fraction of sp³-hybridized carbons (Fsp3) is 0.188. The van der Waals surface area contributed by atoms with Gasteiger partial charge in [0.1, 0.15) is 0 Å². The van der Waals surface area contributed by atoms with E-state index in [9.17, 15) is 4.79 Å². The summed E-state index contributed by atoms with van der Waals surface area (Å²) in [5.74, 6) is -0.0606. The average Bonchev–Trinajstić information content (AvgIpc) is 2.46. The van der Waals surface area contributed by atoms with Crippen LogP contribution in [0.1, 0.15) is 10.4 Å². The Hall–Kier alpha value is -2.29. The summed E-state index contributed by atoms with van der Waals surface area (Å²) in [6.07, 6.45) is 0. The molecule has 0 saturated carbocycles. The van der Waals surface area contributed by atoms with Crippen LogP contribution in [0, 0.1) is 0 Å². The third-order valence-corrected chi connectivity index (χ3v) is 3.09. The first kappa shape index (κ1) is 13.1. The molecule has 0 heterocycles. The lowest BCUT2D eigenvalue weighted by Crippen LogP contribution is -2.17. The SMILES string of the molecule is CNC(=O)c1ccc(-c2ccc(N(C)C)cc2)cc1. The Morgan fingerprint density at radius 3 is 1.79 bits per heavy atom. The maximum atomic E-state index is 11.5. The first-order valence-electron chi connectivity index (χ1n) is 6.21. The zero-order valence-corrected chi connectivity index (χ0v) is 11.5. The van der Waals surface area contributed by atoms with Gasteiger partial charge in [0.2, 0.25) is 0 Å². The van der Waals surface area contributed by atoms with Crippen molar-refractivity contribution in [3.63, 3.8) is 0 Å². The second-order valence-corrected chi connectivity index (χ2v) is 4.60. The topological polar surface area (TPSA) is 32.3 Å².